The molecule has 1 unspecified atom stereocenters. The first kappa shape index (κ1) is 21.5. The summed E-state index contributed by atoms with van der Waals surface area (Å²) in [6.07, 6.45) is 2.73. The summed E-state index contributed by atoms with van der Waals surface area (Å²) in [5.74, 6) is -0.236. The molecule has 2 rings (SSSR count). The van der Waals surface area contributed by atoms with E-state index in [0.717, 1.165) is 5.56 Å². The van der Waals surface area contributed by atoms with Crippen LogP contribution in [-0.4, -0.2) is 20.1 Å². The summed E-state index contributed by atoms with van der Waals surface area (Å²) in [6.45, 7) is 5.55. The van der Waals surface area contributed by atoms with Crippen LogP contribution in [0.4, 0.5) is 0 Å². The van der Waals surface area contributed by atoms with Gasteiger partial charge in [0, 0.05) is 5.02 Å². The lowest BCUT2D eigenvalue weighted by atomic mass is 10.0. The van der Waals surface area contributed by atoms with E-state index in [1.807, 2.05) is 6.92 Å². The first-order valence-electron chi connectivity index (χ1n) is 8.48. The lowest BCUT2D eigenvalue weighted by Crippen LogP contribution is -2.28. The minimum atomic E-state index is -3.28. The van der Waals surface area contributed by atoms with Crippen molar-refractivity contribution in [2.24, 2.45) is 0 Å². The van der Waals surface area contributed by atoms with Gasteiger partial charge in [0.1, 0.15) is 0 Å². The molecule has 0 radical (unpaired) electrons. The van der Waals surface area contributed by atoms with Gasteiger partial charge in [-0.25, -0.2) is 8.42 Å². The molecular formula is C20H21Cl2NO3S. The number of rotatable bonds is 8. The Bertz CT molecular complexity index is 925. The van der Waals surface area contributed by atoms with Gasteiger partial charge in [-0.1, -0.05) is 48.3 Å². The molecule has 2 aromatic carbocycles. The highest BCUT2D eigenvalue weighted by atomic mass is 35.5. The van der Waals surface area contributed by atoms with E-state index in [-0.39, 0.29) is 27.6 Å². The Morgan fingerprint density at radius 1 is 1.19 bits per heavy atom. The summed E-state index contributed by atoms with van der Waals surface area (Å²) >= 11 is 12.0. The van der Waals surface area contributed by atoms with Gasteiger partial charge in [0.25, 0.3) is 5.91 Å². The monoisotopic (exact) mass is 425 g/mol. The maximum absolute atomic E-state index is 12.6. The summed E-state index contributed by atoms with van der Waals surface area (Å²) in [7, 11) is -3.28. The molecular weight excluding hydrogens is 405 g/mol. The summed E-state index contributed by atoms with van der Waals surface area (Å²) in [5.41, 5.74) is 1.10. The number of hydrogen-bond acceptors (Lipinski definition) is 3. The number of amides is 1. The molecule has 0 saturated carbocycles. The van der Waals surface area contributed by atoms with E-state index in [2.05, 4.69) is 11.9 Å². The molecule has 0 fully saturated rings. The third-order valence-corrected chi connectivity index (χ3v) is 6.48. The third-order valence-electron chi connectivity index (χ3n) is 4.00. The summed E-state index contributed by atoms with van der Waals surface area (Å²) in [4.78, 5) is 12.9. The van der Waals surface area contributed by atoms with E-state index in [1.165, 1.54) is 6.07 Å². The van der Waals surface area contributed by atoms with Gasteiger partial charge in [-0.3, -0.25) is 4.79 Å². The Morgan fingerprint density at radius 2 is 1.85 bits per heavy atom. The summed E-state index contributed by atoms with van der Waals surface area (Å²) in [6, 6.07) is 10.9. The Labute approximate surface area is 170 Å². The van der Waals surface area contributed by atoms with E-state index < -0.39 is 9.84 Å². The van der Waals surface area contributed by atoms with Crippen molar-refractivity contribution in [3.63, 3.8) is 0 Å². The lowest BCUT2D eigenvalue weighted by molar-refractivity contribution is 0.0937. The predicted octanol–water partition coefficient (Wildman–Crippen LogP) is 5.22. The zero-order valence-electron chi connectivity index (χ0n) is 14.9. The first-order chi connectivity index (χ1) is 12.8. The van der Waals surface area contributed by atoms with Crippen molar-refractivity contribution >= 4 is 38.9 Å². The van der Waals surface area contributed by atoms with Gasteiger partial charge in [-0.05, 0) is 48.7 Å². The standard InChI is InChI=1S/C20H21Cl2NO3S/c1-3-5-19(23-20(24)17-11-8-15(21)13-18(17)22)14-6-9-16(10-7-14)27(25,26)12-4-2/h3,6-11,13,19H,1,4-5,12H2,2H3,(H,23,24). The van der Waals surface area contributed by atoms with Crippen LogP contribution in [0.3, 0.4) is 0 Å². The third kappa shape index (κ3) is 5.58. The van der Waals surface area contributed by atoms with Crippen LogP contribution in [0.1, 0.15) is 41.7 Å². The predicted molar refractivity (Wildman–Crippen MR) is 110 cm³/mol. The molecule has 0 heterocycles. The first-order valence-corrected chi connectivity index (χ1v) is 10.9. The lowest BCUT2D eigenvalue weighted by Gasteiger charge is -2.19. The van der Waals surface area contributed by atoms with E-state index in [4.69, 9.17) is 23.2 Å². The fourth-order valence-electron chi connectivity index (χ4n) is 2.65. The van der Waals surface area contributed by atoms with Gasteiger partial charge >= 0.3 is 0 Å². The molecule has 27 heavy (non-hydrogen) atoms. The minimum absolute atomic E-state index is 0.105. The molecule has 0 aliphatic carbocycles. The van der Waals surface area contributed by atoms with Crippen molar-refractivity contribution in [3.8, 4) is 0 Å². The van der Waals surface area contributed by atoms with Crippen LogP contribution in [0, 0.1) is 0 Å². The number of hydrogen-bond donors (Lipinski definition) is 1. The van der Waals surface area contributed by atoms with Crippen LogP contribution in [0.15, 0.2) is 60.0 Å². The van der Waals surface area contributed by atoms with Gasteiger partial charge in [-0.15, -0.1) is 6.58 Å². The maximum atomic E-state index is 12.6. The quantitative estimate of drug-likeness (QED) is 0.589. The van der Waals surface area contributed by atoms with E-state index in [9.17, 15) is 13.2 Å². The second-order valence-electron chi connectivity index (χ2n) is 6.06. The molecule has 0 aliphatic heterocycles. The average Bonchev–Trinajstić information content (AvgIpc) is 2.61. The Balaban J connectivity index is 2.24. The zero-order valence-corrected chi connectivity index (χ0v) is 17.2. The maximum Gasteiger partial charge on any atom is 0.253 e. The molecule has 1 atom stereocenters. The van der Waals surface area contributed by atoms with Crippen LogP contribution in [0.5, 0.6) is 0 Å². The van der Waals surface area contributed by atoms with Gasteiger partial charge in [0.05, 0.1) is 27.3 Å². The number of carbonyl (C=O) groups is 1. The Hall–Kier alpha value is -1.82. The highest BCUT2D eigenvalue weighted by molar-refractivity contribution is 7.91. The zero-order chi connectivity index (χ0) is 20.0. The van der Waals surface area contributed by atoms with Gasteiger partial charge in [-0.2, -0.15) is 0 Å². The van der Waals surface area contributed by atoms with Crippen LogP contribution < -0.4 is 5.32 Å². The van der Waals surface area contributed by atoms with E-state index in [1.54, 1.807) is 42.5 Å². The van der Waals surface area contributed by atoms with Crippen molar-refractivity contribution in [3.05, 3.63) is 76.3 Å². The van der Waals surface area contributed by atoms with Crippen molar-refractivity contribution in [2.75, 3.05) is 5.75 Å². The second kappa shape index (κ2) is 9.40. The van der Waals surface area contributed by atoms with Crippen LogP contribution in [0.25, 0.3) is 0 Å². The van der Waals surface area contributed by atoms with Crippen molar-refractivity contribution < 1.29 is 13.2 Å². The summed E-state index contributed by atoms with van der Waals surface area (Å²) < 4.78 is 24.3. The number of sulfone groups is 1. The van der Waals surface area contributed by atoms with Gasteiger partial charge in [0.15, 0.2) is 9.84 Å². The fraction of sp³-hybridized carbons (Fsp3) is 0.250. The largest absolute Gasteiger partial charge is 0.345 e. The van der Waals surface area contributed by atoms with Crippen molar-refractivity contribution in [2.45, 2.75) is 30.7 Å². The molecule has 0 saturated heterocycles. The van der Waals surface area contributed by atoms with Crippen LogP contribution >= 0.6 is 23.2 Å². The molecule has 0 spiro atoms. The van der Waals surface area contributed by atoms with E-state index in [0.29, 0.717) is 23.4 Å². The van der Waals surface area contributed by atoms with E-state index >= 15 is 0 Å². The molecule has 0 aliphatic rings. The highest BCUT2D eigenvalue weighted by Crippen LogP contribution is 2.24. The molecule has 0 bridgehead atoms. The van der Waals surface area contributed by atoms with Crippen LogP contribution in [-0.2, 0) is 9.84 Å². The average molecular weight is 426 g/mol. The molecule has 2 aromatic rings. The number of nitrogens with one attached hydrogen (secondary N) is 1. The summed E-state index contributed by atoms with van der Waals surface area (Å²) in [5, 5.41) is 3.62. The highest BCUT2D eigenvalue weighted by Gasteiger charge is 2.18. The minimum Gasteiger partial charge on any atom is -0.345 e. The molecule has 7 heteroatoms. The Kier molecular flexibility index (Phi) is 7.48. The van der Waals surface area contributed by atoms with Gasteiger partial charge in [0.2, 0.25) is 0 Å². The number of benzene rings is 2. The van der Waals surface area contributed by atoms with Gasteiger partial charge < -0.3 is 5.32 Å². The molecule has 1 amide bonds. The number of carbonyl (C=O) groups excluding carboxylic acids is 1. The molecule has 144 valence electrons. The number of halogens is 2. The Morgan fingerprint density at radius 3 is 2.41 bits per heavy atom. The topological polar surface area (TPSA) is 63.2 Å². The SMILES string of the molecule is C=CCC(NC(=O)c1ccc(Cl)cc1Cl)c1ccc(S(=O)(=O)CCC)cc1. The fourth-order valence-corrected chi connectivity index (χ4v) is 4.47. The molecule has 4 nitrogen and oxygen atoms in total. The van der Waals surface area contributed by atoms with Crippen molar-refractivity contribution in [1.29, 1.82) is 0 Å². The normalized spacial score (nSPS) is 12.4. The molecule has 0 aromatic heterocycles. The smallest absolute Gasteiger partial charge is 0.253 e. The molecule has 1 N–H and O–H groups in total. The van der Waals surface area contributed by atoms with Crippen LogP contribution in [0.2, 0.25) is 10.0 Å². The second-order valence-corrected chi connectivity index (χ2v) is 9.02. The van der Waals surface area contributed by atoms with Crippen molar-refractivity contribution in [1.82, 2.24) is 5.32 Å².